The predicted molar refractivity (Wildman–Crippen MR) is 64.5 cm³/mol. The van der Waals surface area contributed by atoms with Crippen LogP contribution in [0.15, 0.2) is 0 Å². The van der Waals surface area contributed by atoms with E-state index in [0.29, 0.717) is 24.7 Å². The largest absolute Gasteiger partial charge is 0.344 e. The van der Waals surface area contributed by atoms with Crippen LogP contribution in [0.4, 0.5) is 0 Å². The van der Waals surface area contributed by atoms with Crippen LogP contribution in [-0.2, 0) is 9.59 Å². The molecule has 2 atom stereocenters. The quantitative estimate of drug-likeness (QED) is 0.681. The van der Waals surface area contributed by atoms with Gasteiger partial charge in [0.15, 0.2) is 0 Å². The van der Waals surface area contributed by atoms with Crippen molar-refractivity contribution in [1.82, 2.24) is 5.32 Å². The van der Waals surface area contributed by atoms with Crippen LogP contribution in [-0.4, -0.2) is 24.3 Å². The van der Waals surface area contributed by atoms with E-state index in [0.717, 1.165) is 0 Å². The SMILES string of the molecule is CC(C)C[C@@H](N)C(=O)N[C@@H]([C]=O)CC(C)C. The Balaban J connectivity index is 4.13. The molecule has 0 unspecified atom stereocenters. The summed E-state index contributed by atoms with van der Waals surface area (Å²) in [6, 6.07) is -1.08. The van der Waals surface area contributed by atoms with Crippen molar-refractivity contribution in [3.63, 3.8) is 0 Å². The summed E-state index contributed by atoms with van der Waals surface area (Å²) >= 11 is 0. The molecule has 16 heavy (non-hydrogen) atoms. The van der Waals surface area contributed by atoms with Crippen LogP contribution < -0.4 is 11.1 Å². The summed E-state index contributed by atoms with van der Waals surface area (Å²) in [4.78, 5) is 22.3. The van der Waals surface area contributed by atoms with Gasteiger partial charge in [-0.25, -0.2) is 0 Å². The Hall–Kier alpha value is -0.900. The normalized spacial score (nSPS) is 14.9. The lowest BCUT2D eigenvalue weighted by Gasteiger charge is -2.18. The van der Waals surface area contributed by atoms with Crippen molar-refractivity contribution in [2.24, 2.45) is 17.6 Å². The summed E-state index contributed by atoms with van der Waals surface area (Å²) in [6.07, 6.45) is 3.06. The third-order valence-corrected chi connectivity index (χ3v) is 2.23. The van der Waals surface area contributed by atoms with Crippen molar-refractivity contribution in [3.8, 4) is 0 Å². The molecule has 0 aromatic carbocycles. The second-order valence-corrected chi connectivity index (χ2v) is 5.04. The molecule has 0 aliphatic rings. The van der Waals surface area contributed by atoms with E-state index >= 15 is 0 Å². The van der Waals surface area contributed by atoms with E-state index in [1.807, 2.05) is 34.0 Å². The van der Waals surface area contributed by atoms with Crippen LogP contribution in [0.2, 0.25) is 0 Å². The summed E-state index contributed by atoms with van der Waals surface area (Å²) in [5.41, 5.74) is 5.71. The van der Waals surface area contributed by atoms with Gasteiger partial charge in [0.2, 0.25) is 12.2 Å². The van der Waals surface area contributed by atoms with Gasteiger partial charge in [0, 0.05) is 0 Å². The van der Waals surface area contributed by atoms with Gasteiger partial charge >= 0.3 is 0 Å². The molecule has 93 valence electrons. The number of nitrogens with two attached hydrogens (primary N) is 1. The van der Waals surface area contributed by atoms with Gasteiger partial charge in [0.25, 0.3) is 0 Å². The molecule has 0 aliphatic carbocycles. The van der Waals surface area contributed by atoms with Gasteiger partial charge < -0.3 is 11.1 Å². The first-order valence-corrected chi connectivity index (χ1v) is 5.80. The Morgan fingerprint density at radius 1 is 1.19 bits per heavy atom. The second-order valence-electron chi connectivity index (χ2n) is 5.04. The molecule has 4 heteroatoms. The van der Waals surface area contributed by atoms with Gasteiger partial charge in [0.1, 0.15) is 0 Å². The molecule has 0 saturated heterocycles. The Morgan fingerprint density at radius 2 is 1.69 bits per heavy atom. The first kappa shape index (κ1) is 15.1. The van der Waals surface area contributed by atoms with Crippen LogP contribution in [0, 0.1) is 11.8 Å². The minimum Gasteiger partial charge on any atom is -0.344 e. The van der Waals surface area contributed by atoms with E-state index in [9.17, 15) is 9.59 Å². The molecule has 0 spiro atoms. The number of hydrogen-bond acceptors (Lipinski definition) is 3. The number of carbonyl (C=O) groups excluding carboxylic acids is 2. The topological polar surface area (TPSA) is 72.2 Å². The van der Waals surface area contributed by atoms with E-state index in [1.165, 1.54) is 0 Å². The minimum absolute atomic E-state index is 0.261. The van der Waals surface area contributed by atoms with Gasteiger partial charge in [-0.2, -0.15) is 0 Å². The lowest BCUT2D eigenvalue weighted by Crippen LogP contribution is -2.46. The zero-order chi connectivity index (χ0) is 12.7. The zero-order valence-electron chi connectivity index (χ0n) is 10.6. The summed E-state index contributed by atoms with van der Waals surface area (Å²) in [7, 11) is 0. The highest BCUT2D eigenvalue weighted by atomic mass is 16.2. The Kier molecular flexibility index (Phi) is 6.97. The standard InChI is InChI=1S/C12H23N2O2/c1-8(2)5-10(7-15)14-12(16)11(13)6-9(3)4/h8-11H,5-6,13H2,1-4H3,(H,14,16)/t10-,11-/m1/s1. The molecule has 0 saturated carbocycles. The second kappa shape index (κ2) is 7.39. The molecule has 1 amide bonds. The molecule has 0 aliphatic heterocycles. The molecule has 0 heterocycles. The Morgan fingerprint density at radius 3 is 2.06 bits per heavy atom. The summed E-state index contributed by atoms with van der Waals surface area (Å²) in [6.45, 7) is 7.99. The van der Waals surface area contributed by atoms with Crippen LogP contribution in [0.1, 0.15) is 40.5 Å². The molecule has 4 nitrogen and oxygen atoms in total. The van der Waals surface area contributed by atoms with Gasteiger partial charge in [-0.05, 0) is 24.7 Å². The number of rotatable bonds is 7. The van der Waals surface area contributed by atoms with Gasteiger partial charge in [-0.1, -0.05) is 27.7 Å². The zero-order valence-corrected chi connectivity index (χ0v) is 10.6. The molecule has 1 radical (unpaired) electrons. The molecular formula is C12H23N2O2. The summed E-state index contributed by atoms with van der Waals surface area (Å²) in [5.74, 6) is 0.445. The fourth-order valence-corrected chi connectivity index (χ4v) is 1.50. The number of hydrogen-bond donors (Lipinski definition) is 2. The Labute approximate surface area is 98.0 Å². The molecule has 0 aromatic rings. The highest BCUT2D eigenvalue weighted by molar-refractivity contribution is 5.84. The number of carbonyl (C=O) groups is 1. The van der Waals surface area contributed by atoms with Crippen molar-refractivity contribution in [3.05, 3.63) is 0 Å². The third-order valence-electron chi connectivity index (χ3n) is 2.23. The van der Waals surface area contributed by atoms with E-state index in [4.69, 9.17) is 5.73 Å². The molecule has 0 bridgehead atoms. The maximum absolute atomic E-state index is 11.6. The first-order valence-electron chi connectivity index (χ1n) is 5.80. The highest BCUT2D eigenvalue weighted by Gasteiger charge is 2.19. The fraction of sp³-hybridized carbons (Fsp3) is 0.833. The first-order chi connectivity index (χ1) is 7.36. The van der Waals surface area contributed by atoms with E-state index in [1.54, 1.807) is 0 Å². The lowest BCUT2D eigenvalue weighted by atomic mass is 10.0. The molecule has 3 N–H and O–H groups in total. The van der Waals surface area contributed by atoms with Gasteiger partial charge in [0.05, 0.1) is 12.1 Å². The maximum atomic E-state index is 11.6. The Bertz CT molecular complexity index is 227. The monoisotopic (exact) mass is 227 g/mol. The number of amides is 1. The van der Waals surface area contributed by atoms with Crippen molar-refractivity contribution >= 4 is 12.2 Å². The van der Waals surface area contributed by atoms with Gasteiger partial charge in [-0.15, -0.1) is 0 Å². The smallest absolute Gasteiger partial charge is 0.237 e. The van der Waals surface area contributed by atoms with E-state index in [2.05, 4.69) is 5.32 Å². The number of nitrogens with one attached hydrogen (secondary N) is 1. The van der Waals surface area contributed by atoms with E-state index < -0.39 is 12.1 Å². The molecular weight excluding hydrogens is 204 g/mol. The molecule has 0 aromatic heterocycles. The minimum atomic E-state index is -0.539. The van der Waals surface area contributed by atoms with Crippen molar-refractivity contribution in [2.45, 2.75) is 52.6 Å². The van der Waals surface area contributed by atoms with E-state index in [-0.39, 0.29) is 5.91 Å². The molecule has 0 fully saturated rings. The fourth-order valence-electron chi connectivity index (χ4n) is 1.50. The summed E-state index contributed by atoms with van der Waals surface area (Å²) < 4.78 is 0. The third kappa shape index (κ3) is 6.56. The summed E-state index contributed by atoms with van der Waals surface area (Å²) in [5, 5.41) is 2.62. The van der Waals surface area contributed by atoms with Crippen LogP contribution >= 0.6 is 0 Å². The lowest BCUT2D eigenvalue weighted by molar-refractivity contribution is -0.123. The van der Waals surface area contributed by atoms with Gasteiger partial charge in [-0.3, -0.25) is 9.59 Å². The van der Waals surface area contributed by atoms with Crippen LogP contribution in [0.3, 0.4) is 0 Å². The average Bonchev–Trinajstić information content (AvgIpc) is 2.14. The molecule has 0 rings (SSSR count). The van der Waals surface area contributed by atoms with Crippen LogP contribution in [0.5, 0.6) is 0 Å². The van der Waals surface area contributed by atoms with Crippen molar-refractivity contribution in [1.29, 1.82) is 0 Å². The average molecular weight is 227 g/mol. The van der Waals surface area contributed by atoms with Crippen molar-refractivity contribution in [2.75, 3.05) is 0 Å². The highest BCUT2D eigenvalue weighted by Crippen LogP contribution is 2.05. The predicted octanol–water partition coefficient (Wildman–Crippen LogP) is 1.00. The van der Waals surface area contributed by atoms with Crippen LogP contribution in [0.25, 0.3) is 0 Å². The van der Waals surface area contributed by atoms with Crippen molar-refractivity contribution < 1.29 is 9.59 Å². The maximum Gasteiger partial charge on any atom is 0.237 e.